The van der Waals surface area contributed by atoms with Gasteiger partial charge in [0, 0.05) is 18.5 Å². The number of carbonyl (C=O) groups is 1. The SMILES string of the molecule is COCC(=O)Nc1cccc(NCc2ccc(Br)o2)c1. The highest BCUT2D eigenvalue weighted by Gasteiger charge is 2.03. The van der Waals surface area contributed by atoms with Gasteiger partial charge in [-0.05, 0) is 46.3 Å². The van der Waals surface area contributed by atoms with Gasteiger partial charge in [-0.15, -0.1) is 0 Å². The summed E-state index contributed by atoms with van der Waals surface area (Å²) in [6.45, 7) is 0.610. The van der Waals surface area contributed by atoms with E-state index in [1.165, 1.54) is 7.11 Å². The minimum Gasteiger partial charge on any atom is -0.452 e. The summed E-state index contributed by atoms with van der Waals surface area (Å²) in [6, 6.07) is 11.2. The maximum Gasteiger partial charge on any atom is 0.250 e. The lowest BCUT2D eigenvalue weighted by molar-refractivity contribution is -0.119. The molecule has 2 N–H and O–H groups in total. The van der Waals surface area contributed by atoms with E-state index in [4.69, 9.17) is 9.15 Å². The molecule has 2 rings (SSSR count). The van der Waals surface area contributed by atoms with Crippen molar-refractivity contribution in [3.63, 3.8) is 0 Å². The van der Waals surface area contributed by atoms with Crippen LogP contribution >= 0.6 is 15.9 Å². The summed E-state index contributed by atoms with van der Waals surface area (Å²) < 4.78 is 10.9. The van der Waals surface area contributed by atoms with Crippen molar-refractivity contribution in [2.24, 2.45) is 0 Å². The lowest BCUT2D eigenvalue weighted by Gasteiger charge is -2.08. The molecule has 0 spiro atoms. The largest absolute Gasteiger partial charge is 0.452 e. The average molecular weight is 339 g/mol. The molecule has 0 aliphatic rings. The van der Waals surface area contributed by atoms with Crippen molar-refractivity contribution in [2.75, 3.05) is 24.4 Å². The van der Waals surface area contributed by atoms with E-state index in [1.807, 2.05) is 36.4 Å². The predicted molar refractivity (Wildman–Crippen MR) is 80.7 cm³/mol. The van der Waals surface area contributed by atoms with Gasteiger partial charge in [0.05, 0.1) is 6.54 Å². The number of furan rings is 1. The molecule has 1 aromatic carbocycles. The molecule has 2 aromatic rings. The number of anilines is 2. The number of benzene rings is 1. The van der Waals surface area contributed by atoms with Gasteiger partial charge in [0.15, 0.2) is 4.67 Å². The van der Waals surface area contributed by atoms with Crippen LogP contribution in [0.1, 0.15) is 5.76 Å². The van der Waals surface area contributed by atoms with Gasteiger partial charge in [0.25, 0.3) is 0 Å². The quantitative estimate of drug-likeness (QED) is 0.848. The van der Waals surface area contributed by atoms with Crippen LogP contribution in [0.2, 0.25) is 0 Å². The number of rotatable bonds is 6. The Morgan fingerprint density at radius 3 is 2.80 bits per heavy atom. The molecule has 0 saturated carbocycles. The first-order valence-corrected chi connectivity index (χ1v) is 6.83. The summed E-state index contributed by atoms with van der Waals surface area (Å²) in [6.07, 6.45) is 0. The number of nitrogens with one attached hydrogen (secondary N) is 2. The Kier molecular flexibility index (Phi) is 5.20. The third-order valence-electron chi connectivity index (χ3n) is 2.52. The molecule has 0 aliphatic heterocycles. The molecular weight excluding hydrogens is 324 g/mol. The highest BCUT2D eigenvalue weighted by molar-refractivity contribution is 9.10. The second-order valence-electron chi connectivity index (χ2n) is 4.12. The van der Waals surface area contributed by atoms with E-state index >= 15 is 0 Å². The minimum absolute atomic E-state index is 0.0398. The fraction of sp³-hybridized carbons (Fsp3) is 0.214. The Hall–Kier alpha value is -1.79. The van der Waals surface area contributed by atoms with Gasteiger partial charge in [0.2, 0.25) is 5.91 Å². The van der Waals surface area contributed by atoms with Crippen LogP contribution in [0.15, 0.2) is 45.5 Å². The van der Waals surface area contributed by atoms with Crippen LogP contribution in [0.5, 0.6) is 0 Å². The number of hydrogen-bond acceptors (Lipinski definition) is 4. The number of ether oxygens (including phenoxy) is 1. The van der Waals surface area contributed by atoms with Crippen LogP contribution in [0, 0.1) is 0 Å². The maximum absolute atomic E-state index is 11.4. The summed E-state index contributed by atoms with van der Waals surface area (Å²) >= 11 is 3.26. The number of amides is 1. The fourth-order valence-electron chi connectivity index (χ4n) is 1.67. The van der Waals surface area contributed by atoms with Crippen molar-refractivity contribution in [2.45, 2.75) is 6.54 Å². The molecule has 0 aliphatic carbocycles. The molecule has 1 aromatic heterocycles. The summed E-state index contributed by atoms with van der Waals surface area (Å²) in [5, 5.41) is 5.97. The smallest absolute Gasteiger partial charge is 0.250 e. The van der Waals surface area contributed by atoms with E-state index in [2.05, 4.69) is 26.6 Å². The summed E-state index contributed by atoms with van der Waals surface area (Å²) in [5.74, 6) is 0.644. The zero-order chi connectivity index (χ0) is 14.4. The first-order valence-electron chi connectivity index (χ1n) is 6.04. The number of methoxy groups -OCH3 is 1. The molecule has 5 nitrogen and oxygen atoms in total. The van der Waals surface area contributed by atoms with E-state index < -0.39 is 0 Å². The molecule has 1 amide bonds. The Bertz CT molecular complexity index is 583. The Balaban J connectivity index is 1.93. The van der Waals surface area contributed by atoms with E-state index in [0.29, 0.717) is 11.2 Å². The van der Waals surface area contributed by atoms with Crippen molar-refractivity contribution in [3.8, 4) is 0 Å². The molecule has 1 heterocycles. The van der Waals surface area contributed by atoms with E-state index in [-0.39, 0.29) is 12.5 Å². The minimum atomic E-state index is -0.181. The molecule has 0 atom stereocenters. The van der Waals surface area contributed by atoms with Gasteiger partial charge in [-0.3, -0.25) is 4.79 Å². The highest BCUT2D eigenvalue weighted by Crippen LogP contribution is 2.18. The summed E-state index contributed by atoms with van der Waals surface area (Å²) in [5.41, 5.74) is 1.62. The number of carbonyl (C=O) groups excluding carboxylic acids is 1. The van der Waals surface area contributed by atoms with Gasteiger partial charge in [-0.2, -0.15) is 0 Å². The van der Waals surface area contributed by atoms with Gasteiger partial charge in [0.1, 0.15) is 12.4 Å². The Morgan fingerprint density at radius 2 is 2.10 bits per heavy atom. The second-order valence-corrected chi connectivity index (χ2v) is 4.90. The number of halogens is 1. The van der Waals surface area contributed by atoms with Crippen LogP contribution in [-0.2, 0) is 16.1 Å². The van der Waals surface area contributed by atoms with E-state index in [1.54, 1.807) is 0 Å². The first-order chi connectivity index (χ1) is 9.67. The third kappa shape index (κ3) is 4.40. The molecule has 0 saturated heterocycles. The van der Waals surface area contributed by atoms with Gasteiger partial charge >= 0.3 is 0 Å². The molecule has 0 radical (unpaired) electrons. The molecule has 0 unspecified atom stereocenters. The Labute approximate surface area is 125 Å². The van der Waals surface area contributed by atoms with Crippen molar-refractivity contribution in [3.05, 3.63) is 46.8 Å². The normalized spacial score (nSPS) is 10.3. The molecular formula is C14H15BrN2O3. The second kappa shape index (κ2) is 7.12. The fourth-order valence-corrected chi connectivity index (χ4v) is 2.01. The zero-order valence-corrected chi connectivity index (χ0v) is 12.6. The van der Waals surface area contributed by atoms with Crippen molar-refractivity contribution >= 4 is 33.2 Å². The van der Waals surface area contributed by atoms with Crippen molar-refractivity contribution in [1.29, 1.82) is 0 Å². The zero-order valence-electron chi connectivity index (χ0n) is 11.0. The maximum atomic E-state index is 11.4. The first kappa shape index (κ1) is 14.6. The third-order valence-corrected chi connectivity index (χ3v) is 2.94. The highest BCUT2D eigenvalue weighted by atomic mass is 79.9. The lowest BCUT2D eigenvalue weighted by atomic mass is 10.2. The molecule has 0 bridgehead atoms. The monoisotopic (exact) mass is 338 g/mol. The van der Waals surface area contributed by atoms with Crippen LogP contribution in [-0.4, -0.2) is 19.6 Å². The molecule has 106 valence electrons. The van der Waals surface area contributed by atoms with E-state index in [9.17, 15) is 4.79 Å². The standard InChI is InChI=1S/C14H15BrN2O3/c1-19-9-14(18)17-11-4-2-3-10(7-11)16-8-12-5-6-13(15)20-12/h2-7,16H,8-9H2,1H3,(H,17,18). The predicted octanol–water partition coefficient (Wildman–Crippen LogP) is 3.24. The van der Waals surface area contributed by atoms with Crippen LogP contribution in [0.25, 0.3) is 0 Å². The Morgan fingerprint density at radius 1 is 1.30 bits per heavy atom. The topological polar surface area (TPSA) is 63.5 Å². The molecule has 0 fully saturated rings. The van der Waals surface area contributed by atoms with Crippen LogP contribution in [0.4, 0.5) is 11.4 Å². The molecule has 20 heavy (non-hydrogen) atoms. The van der Waals surface area contributed by atoms with Crippen LogP contribution in [0.3, 0.4) is 0 Å². The van der Waals surface area contributed by atoms with Gasteiger partial charge < -0.3 is 19.8 Å². The average Bonchev–Trinajstić information content (AvgIpc) is 2.83. The van der Waals surface area contributed by atoms with E-state index in [0.717, 1.165) is 17.1 Å². The number of hydrogen-bond donors (Lipinski definition) is 2. The van der Waals surface area contributed by atoms with Gasteiger partial charge in [-0.1, -0.05) is 6.07 Å². The van der Waals surface area contributed by atoms with Crippen molar-refractivity contribution in [1.82, 2.24) is 0 Å². The van der Waals surface area contributed by atoms with Crippen LogP contribution < -0.4 is 10.6 Å². The molecule has 6 heteroatoms. The lowest BCUT2D eigenvalue weighted by Crippen LogP contribution is -2.17. The summed E-state index contributed by atoms with van der Waals surface area (Å²) in [4.78, 5) is 11.4. The van der Waals surface area contributed by atoms with Crippen molar-refractivity contribution < 1.29 is 13.9 Å². The summed E-state index contributed by atoms with van der Waals surface area (Å²) in [7, 11) is 1.49. The van der Waals surface area contributed by atoms with Gasteiger partial charge in [-0.25, -0.2) is 0 Å².